The Morgan fingerprint density at radius 2 is 2.05 bits per heavy atom. The molecule has 19 heavy (non-hydrogen) atoms. The number of rotatable bonds is 8. The number of aryl methyl sites for hydroxylation is 1. The molecule has 1 saturated carbocycles. The molecule has 3 nitrogen and oxygen atoms in total. The second-order valence-corrected chi connectivity index (χ2v) is 5.38. The fraction of sp³-hybridized carbons (Fsp3) is 0.562. The highest BCUT2D eigenvalue weighted by Crippen LogP contribution is 2.28. The van der Waals surface area contributed by atoms with E-state index in [1.807, 2.05) is 31.2 Å². The van der Waals surface area contributed by atoms with Crippen LogP contribution in [-0.4, -0.2) is 25.7 Å². The summed E-state index contributed by atoms with van der Waals surface area (Å²) in [4.78, 5) is 11.7. The monoisotopic (exact) mass is 261 g/mol. The molecule has 0 radical (unpaired) electrons. The van der Waals surface area contributed by atoms with Crippen LogP contribution in [0.4, 0.5) is 0 Å². The normalized spacial score (nSPS) is 14.4. The number of ether oxygens (including phenoxy) is 1. The van der Waals surface area contributed by atoms with Crippen molar-refractivity contribution in [2.45, 2.75) is 32.6 Å². The first-order valence-corrected chi connectivity index (χ1v) is 7.14. The molecule has 0 bridgehead atoms. The van der Waals surface area contributed by atoms with E-state index in [2.05, 4.69) is 5.32 Å². The Morgan fingerprint density at radius 3 is 2.74 bits per heavy atom. The van der Waals surface area contributed by atoms with Crippen LogP contribution in [0, 0.1) is 12.8 Å². The third kappa shape index (κ3) is 5.88. The highest BCUT2D eigenvalue weighted by molar-refractivity contribution is 5.78. The third-order valence-corrected chi connectivity index (χ3v) is 3.32. The average Bonchev–Trinajstić information content (AvgIpc) is 3.20. The van der Waals surface area contributed by atoms with Crippen LogP contribution in [0.5, 0.6) is 0 Å². The maximum Gasteiger partial charge on any atom is 0.224 e. The number of amides is 1. The molecule has 1 aliphatic rings. The highest BCUT2D eigenvalue weighted by Gasteiger charge is 2.20. The summed E-state index contributed by atoms with van der Waals surface area (Å²) in [5.41, 5.74) is 2.28. The van der Waals surface area contributed by atoms with Crippen molar-refractivity contribution < 1.29 is 9.53 Å². The molecule has 1 N–H and O–H groups in total. The van der Waals surface area contributed by atoms with Crippen molar-refractivity contribution in [1.29, 1.82) is 0 Å². The van der Waals surface area contributed by atoms with Gasteiger partial charge in [0.2, 0.25) is 5.91 Å². The van der Waals surface area contributed by atoms with Crippen LogP contribution in [0.15, 0.2) is 24.3 Å². The summed E-state index contributed by atoms with van der Waals surface area (Å²) in [5.74, 6) is 0.905. The van der Waals surface area contributed by atoms with Gasteiger partial charge in [0.15, 0.2) is 0 Å². The number of hydrogen-bond donors (Lipinski definition) is 1. The standard InChI is InChI=1S/C16H23NO2/c1-13-3-5-14(6-4-13)11-16(18)17-9-2-10-19-12-15-7-8-15/h3-6,15H,2,7-12H2,1H3,(H,17,18). The Hall–Kier alpha value is -1.35. The van der Waals surface area contributed by atoms with E-state index in [0.717, 1.165) is 31.1 Å². The summed E-state index contributed by atoms with van der Waals surface area (Å²) >= 11 is 0. The third-order valence-electron chi connectivity index (χ3n) is 3.32. The second-order valence-electron chi connectivity index (χ2n) is 5.38. The summed E-state index contributed by atoms with van der Waals surface area (Å²) in [7, 11) is 0. The largest absolute Gasteiger partial charge is 0.381 e. The van der Waals surface area contributed by atoms with Gasteiger partial charge in [-0.3, -0.25) is 4.79 Å². The molecule has 1 aromatic carbocycles. The van der Waals surface area contributed by atoms with Gasteiger partial charge >= 0.3 is 0 Å². The predicted octanol–water partition coefficient (Wildman–Crippen LogP) is 2.47. The molecule has 0 saturated heterocycles. The molecule has 1 amide bonds. The molecule has 0 heterocycles. The molecule has 1 fully saturated rings. The molecule has 0 aliphatic heterocycles. The van der Waals surface area contributed by atoms with Crippen molar-refractivity contribution >= 4 is 5.91 Å². The Balaban J connectivity index is 1.52. The number of benzene rings is 1. The van der Waals surface area contributed by atoms with Crippen molar-refractivity contribution in [3.63, 3.8) is 0 Å². The Kier molecular flexibility index (Phi) is 5.40. The lowest BCUT2D eigenvalue weighted by atomic mass is 10.1. The van der Waals surface area contributed by atoms with Crippen LogP contribution in [0.3, 0.4) is 0 Å². The van der Waals surface area contributed by atoms with E-state index in [4.69, 9.17) is 4.74 Å². The van der Waals surface area contributed by atoms with Gasteiger partial charge in [-0.15, -0.1) is 0 Å². The summed E-state index contributed by atoms with van der Waals surface area (Å²) in [5, 5.41) is 2.93. The number of nitrogens with one attached hydrogen (secondary N) is 1. The van der Waals surface area contributed by atoms with Gasteiger partial charge in [-0.1, -0.05) is 29.8 Å². The number of carbonyl (C=O) groups is 1. The van der Waals surface area contributed by atoms with Gasteiger partial charge < -0.3 is 10.1 Å². The average molecular weight is 261 g/mol. The molecule has 3 heteroatoms. The first-order valence-electron chi connectivity index (χ1n) is 7.14. The summed E-state index contributed by atoms with van der Waals surface area (Å²) in [6.07, 6.45) is 4.01. The van der Waals surface area contributed by atoms with Crippen molar-refractivity contribution in [1.82, 2.24) is 5.32 Å². The van der Waals surface area contributed by atoms with Crippen LogP contribution < -0.4 is 5.32 Å². The van der Waals surface area contributed by atoms with E-state index in [-0.39, 0.29) is 5.91 Å². The minimum atomic E-state index is 0.0889. The van der Waals surface area contributed by atoms with Crippen LogP contribution >= 0.6 is 0 Å². The molecule has 1 aromatic rings. The van der Waals surface area contributed by atoms with Gasteiger partial charge in [-0.2, -0.15) is 0 Å². The smallest absolute Gasteiger partial charge is 0.224 e. The zero-order valence-electron chi connectivity index (χ0n) is 11.7. The SMILES string of the molecule is Cc1ccc(CC(=O)NCCCOCC2CC2)cc1. The minimum Gasteiger partial charge on any atom is -0.381 e. The van der Waals surface area contributed by atoms with Crippen LogP contribution in [0.2, 0.25) is 0 Å². The van der Waals surface area contributed by atoms with Gasteiger partial charge in [0.1, 0.15) is 0 Å². The molecule has 0 unspecified atom stereocenters. The van der Waals surface area contributed by atoms with E-state index in [1.165, 1.54) is 18.4 Å². The summed E-state index contributed by atoms with van der Waals surface area (Å²) < 4.78 is 5.52. The first-order chi connectivity index (χ1) is 9.24. The van der Waals surface area contributed by atoms with E-state index in [9.17, 15) is 4.79 Å². The molecule has 0 spiro atoms. The first kappa shape index (κ1) is 14.1. The van der Waals surface area contributed by atoms with Gasteiger partial charge in [0.25, 0.3) is 0 Å². The van der Waals surface area contributed by atoms with Crippen molar-refractivity contribution in [3.05, 3.63) is 35.4 Å². The molecule has 0 aromatic heterocycles. The zero-order valence-corrected chi connectivity index (χ0v) is 11.7. The molecule has 1 aliphatic carbocycles. The predicted molar refractivity (Wildman–Crippen MR) is 76.1 cm³/mol. The fourth-order valence-corrected chi connectivity index (χ4v) is 1.89. The topological polar surface area (TPSA) is 38.3 Å². The lowest BCUT2D eigenvalue weighted by Gasteiger charge is -2.06. The minimum absolute atomic E-state index is 0.0889. The van der Waals surface area contributed by atoms with E-state index in [1.54, 1.807) is 0 Å². The molecule has 0 atom stereocenters. The quantitative estimate of drug-likeness (QED) is 0.730. The van der Waals surface area contributed by atoms with Crippen molar-refractivity contribution in [2.24, 2.45) is 5.92 Å². The summed E-state index contributed by atoms with van der Waals surface area (Å²) in [6.45, 7) is 4.40. The molecular formula is C16H23NO2. The fourth-order valence-electron chi connectivity index (χ4n) is 1.89. The molecule has 104 valence electrons. The van der Waals surface area contributed by atoms with Gasteiger partial charge in [0.05, 0.1) is 6.42 Å². The molecular weight excluding hydrogens is 238 g/mol. The zero-order chi connectivity index (χ0) is 13.5. The highest BCUT2D eigenvalue weighted by atomic mass is 16.5. The maximum absolute atomic E-state index is 11.7. The Labute approximate surface area is 115 Å². The van der Waals surface area contributed by atoms with Gasteiger partial charge in [-0.25, -0.2) is 0 Å². The Bertz CT molecular complexity index is 396. The van der Waals surface area contributed by atoms with Crippen LogP contribution in [0.25, 0.3) is 0 Å². The number of carbonyl (C=O) groups excluding carboxylic acids is 1. The van der Waals surface area contributed by atoms with Gasteiger partial charge in [0, 0.05) is 19.8 Å². The maximum atomic E-state index is 11.7. The Morgan fingerprint density at radius 1 is 1.32 bits per heavy atom. The van der Waals surface area contributed by atoms with E-state index in [0.29, 0.717) is 13.0 Å². The van der Waals surface area contributed by atoms with Crippen molar-refractivity contribution in [2.75, 3.05) is 19.8 Å². The molecule has 2 rings (SSSR count). The summed E-state index contributed by atoms with van der Waals surface area (Å²) in [6, 6.07) is 8.09. The lowest BCUT2D eigenvalue weighted by Crippen LogP contribution is -2.26. The van der Waals surface area contributed by atoms with Crippen LogP contribution in [-0.2, 0) is 16.0 Å². The van der Waals surface area contributed by atoms with Gasteiger partial charge in [-0.05, 0) is 37.7 Å². The lowest BCUT2D eigenvalue weighted by molar-refractivity contribution is -0.120. The van der Waals surface area contributed by atoms with Crippen LogP contribution in [0.1, 0.15) is 30.4 Å². The second kappa shape index (κ2) is 7.29. The van der Waals surface area contributed by atoms with Crippen molar-refractivity contribution in [3.8, 4) is 0 Å². The van der Waals surface area contributed by atoms with E-state index >= 15 is 0 Å². The van der Waals surface area contributed by atoms with E-state index < -0.39 is 0 Å². The number of hydrogen-bond acceptors (Lipinski definition) is 2.